The summed E-state index contributed by atoms with van der Waals surface area (Å²) >= 11 is 6.40. The summed E-state index contributed by atoms with van der Waals surface area (Å²) in [5.41, 5.74) is 2.35. The molecule has 1 aromatic carbocycles. The summed E-state index contributed by atoms with van der Waals surface area (Å²) in [6, 6.07) is 7.97. The lowest BCUT2D eigenvalue weighted by Crippen LogP contribution is -2.21. The first-order valence-corrected chi connectivity index (χ1v) is 6.77. The molecule has 1 aromatic rings. The fourth-order valence-corrected chi connectivity index (χ4v) is 2.95. The quantitative estimate of drug-likeness (QED) is 0.586. The third-order valence-electron chi connectivity index (χ3n) is 3.45. The molecule has 19 heavy (non-hydrogen) atoms. The highest BCUT2D eigenvalue weighted by atomic mass is 35.5. The third kappa shape index (κ3) is 4.11. The molecule has 0 aromatic heterocycles. The van der Waals surface area contributed by atoms with Crippen molar-refractivity contribution in [1.29, 1.82) is 0 Å². The van der Waals surface area contributed by atoms with Crippen LogP contribution in [-0.4, -0.2) is 19.4 Å². The molecule has 0 radical (unpaired) electrons. The van der Waals surface area contributed by atoms with E-state index in [4.69, 9.17) is 11.6 Å². The standard InChI is InChI=1S/C14H16ClF3O/c15-13-11(7-8-19-9-14(16,17)18)6-5-10-3-1-2-4-12(10)13/h1-4,11,13H,5-9H2. The molecule has 0 amide bonds. The van der Waals surface area contributed by atoms with E-state index in [1.807, 2.05) is 18.2 Å². The average molecular weight is 293 g/mol. The Morgan fingerprint density at radius 2 is 2.00 bits per heavy atom. The molecule has 0 spiro atoms. The molecule has 2 rings (SSSR count). The van der Waals surface area contributed by atoms with Crippen molar-refractivity contribution >= 4 is 11.6 Å². The number of benzene rings is 1. The van der Waals surface area contributed by atoms with Gasteiger partial charge in [-0.25, -0.2) is 0 Å². The first-order chi connectivity index (χ1) is 8.97. The Balaban J connectivity index is 1.84. The van der Waals surface area contributed by atoms with Crippen molar-refractivity contribution in [1.82, 2.24) is 0 Å². The van der Waals surface area contributed by atoms with Crippen LogP contribution in [-0.2, 0) is 11.2 Å². The van der Waals surface area contributed by atoms with Crippen LogP contribution in [0.5, 0.6) is 0 Å². The molecule has 0 heterocycles. The number of aryl methyl sites for hydroxylation is 1. The fraction of sp³-hybridized carbons (Fsp3) is 0.571. The first-order valence-electron chi connectivity index (χ1n) is 6.34. The summed E-state index contributed by atoms with van der Waals surface area (Å²) in [5, 5.41) is -0.126. The molecule has 2 atom stereocenters. The van der Waals surface area contributed by atoms with Gasteiger partial charge in [-0.05, 0) is 36.3 Å². The molecular weight excluding hydrogens is 277 g/mol. The molecule has 0 N–H and O–H groups in total. The summed E-state index contributed by atoms with van der Waals surface area (Å²) in [4.78, 5) is 0. The minimum atomic E-state index is -4.25. The van der Waals surface area contributed by atoms with Crippen molar-refractivity contribution in [3.8, 4) is 0 Å². The highest BCUT2D eigenvalue weighted by Crippen LogP contribution is 2.40. The zero-order valence-electron chi connectivity index (χ0n) is 10.4. The largest absolute Gasteiger partial charge is 0.411 e. The summed E-state index contributed by atoms with van der Waals surface area (Å²) < 4.78 is 40.5. The molecule has 5 heteroatoms. The fourth-order valence-electron chi connectivity index (χ4n) is 2.49. The molecule has 0 fully saturated rings. The van der Waals surface area contributed by atoms with Crippen molar-refractivity contribution < 1.29 is 17.9 Å². The van der Waals surface area contributed by atoms with E-state index < -0.39 is 12.8 Å². The molecule has 0 aliphatic heterocycles. The number of alkyl halides is 4. The van der Waals surface area contributed by atoms with Gasteiger partial charge in [0, 0.05) is 6.61 Å². The van der Waals surface area contributed by atoms with E-state index in [-0.39, 0.29) is 17.9 Å². The van der Waals surface area contributed by atoms with Gasteiger partial charge in [-0.2, -0.15) is 13.2 Å². The van der Waals surface area contributed by atoms with Gasteiger partial charge in [-0.1, -0.05) is 24.3 Å². The van der Waals surface area contributed by atoms with Crippen molar-refractivity contribution in [3.63, 3.8) is 0 Å². The maximum atomic E-state index is 11.9. The second-order valence-electron chi connectivity index (χ2n) is 4.86. The van der Waals surface area contributed by atoms with Crippen molar-refractivity contribution in [2.75, 3.05) is 13.2 Å². The summed E-state index contributed by atoms with van der Waals surface area (Å²) in [5.74, 6) is 0.185. The van der Waals surface area contributed by atoms with Crippen LogP contribution in [0.4, 0.5) is 13.2 Å². The van der Waals surface area contributed by atoms with Gasteiger partial charge < -0.3 is 4.74 Å². The van der Waals surface area contributed by atoms with Crippen molar-refractivity contribution in [2.24, 2.45) is 5.92 Å². The van der Waals surface area contributed by atoms with Gasteiger partial charge in [0.05, 0.1) is 5.38 Å². The number of hydrogen-bond donors (Lipinski definition) is 0. The number of hydrogen-bond acceptors (Lipinski definition) is 1. The minimum Gasteiger partial charge on any atom is -0.372 e. The number of fused-ring (bicyclic) bond motifs is 1. The Bertz CT molecular complexity index is 419. The van der Waals surface area contributed by atoms with Gasteiger partial charge in [-0.3, -0.25) is 0 Å². The van der Waals surface area contributed by atoms with Gasteiger partial charge in [0.25, 0.3) is 0 Å². The lowest BCUT2D eigenvalue weighted by atomic mass is 9.82. The predicted octanol–water partition coefficient (Wildman–Crippen LogP) is 4.50. The highest BCUT2D eigenvalue weighted by Gasteiger charge is 2.29. The molecule has 0 bridgehead atoms. The van der Waals surface area contributed by atoms with E-state index in [0.717, 1.165) is 18.4 Å². The van der Waals surface area contributed by atoms with Gasteiger partial charge >= 0.3 is 6.18 Å². The topological polar surface area (TPSA) is 9.23 Å². The summed E-state index contributed by atoms with van der Waals surface area (Å²) in [6.07, 6.45) is -1.85. The Morgan fingerprint density at radius 1 is 1.26 bits per heavy atom. The normalized spacial score (nSPS) is 23.2. The van der Waals surface area contributed by atoms with Crippen molar-refractivity contribution in [2.45, 2.75) is 30.8 Å². The van der Waals surface area contributed by atoms with Crippen LogP contribution in [0.2, 0.25) is 0 Å². The molecule has 1 aliphatic rings. The van der Waals surface area contributed by atoms with Crippen molar-refractivity contribution in [3.05, 3.63) is 35.4 Å². The zero-order valence-corrected chi connectivity index (χ0v) is 11.2. The maximum absolute atomic E-state index is 11.9. The third-order valence-corrected chi connectivity index (χ3v) is 4.04. The first kappa shape index (κ1) is 14.7. The molecule has 106 valence electrons. The minimum absolute atomic E-state index is 0.107. The van der Waals surface area contributed by atoms with Crippen LogP contribution in [0, 0.1) is 5.92 Å². The van der Waals surface area contributed by atoms with E-state index >= 15 is 0 Å². The predicted molar refractivity (Wildman–Crippen MR) is 68.3 cm³/mol. The maximum Gasteiger partial charge on any atom is 0.411 e. The van der Waals surface area contributed by atoms with Crippen LogP contribution in [0.25, 0.3) is 0 Å². The van der Waals surface area contributed by atoms with Gasteiger partial charge in [-0.15, -0.1) is 11.6 Å². The lowest BCUT2D eigenvalue weighted by molar-refractivity contribution is -0.174. The number of ether oxygens (including phenoxy) is 1. The lowest BCUT2D eigenvalue weighted by Gasteiger charge is -2.29. The Hall–Kier alpha value is -0.740. The molecule has 0 saturated carbocycles. The Morgan fingerprint density at radius 3 is 2.74 bits per heavy atom. The van der Waals surface area contributed by atoms with Crippen LogP contribution in [0.3, 0.4) is 0 Å². The molecule has 2 unspecified atom stereocenters. The SMILES string of the molecule is FC(F)(F)COCCC1CCc2ccccc2C1Cl. The van der Waals surface area contributed by atoms with Gasteiger partial charge in [0.15, 0.2) is 0 Å². The Labute approximate surface area is 115 Å². The second kappa shape index (κ2) is 6.14. The zero-order chi connectivity index (χ0) is 13.9. The molecular formula is C14H16ClF3O. The van der Waals surface area contributed by atoms with Gasteiger partial charge in [0.1, 0.15) is 6.61 Å². The van der Waals surface area contributed by atoms with E-state index in [0.29, 0.717) is 6.42 Å². The van der Waals surface area contributed by atoms with Crippen LogP contribution in [0.1, 0.15) is 29.3 Å². The highest BCUT2D eigenvalue weighted by molar-refractivity contribution is 6.21. The molecule has 1 aliphatic carbocycles. The van der Waals surface area contributed by atoms with E-state index in [1.54, 1.807) is 0 Å². The average Bonchev–Trinajstić information content (AvgIpc) is 2.36. The smallest absolute Gasteiger partial charge is 0.372 e. The summed E-state index contributed by atoms with van der Waals surface area (Å²) in [6.45, 7) is -1.07. The van der Waals surface area contributed by atoms with Crippen LogP contribution >= 0.6 is 11.6 Å². The van der Waals surface area contributed by atoms with Crippen LogP contribution < -0.4 is 0 Å². The monoisotopic (exact) mass is 292 g/mol. The van der Waals surface area contributed by atoms with E-state index in [1.165, 1.54) is 5.56 Å². The van der Waals surface area contributed by atoms with E-state index in [9.17, 15) is 13.2 Å². The second-order valence-corrected chi connectivity index (χ2v) is 5.33. The van der Waals surface area contributed by atoms with E-state index in [2.05, 4.69) is 10.8 Å². The number of rotatable bonds is 4. The number of halogens is 4. The molecule has 0 saturated heterocycles. The Kier molecular flexibility index (Phi) is 4.74. The van der Waals surface area contributed by atoms with Crippen LogP contribution in [0.15, 0.2) is 24.3 Å². The summed E-state index contributed by atoms with van der Waals surface area (Å²) in [7, 11) is 0. The van der Waals surface area contributed by atoms with Gasteiger partial charge in [0.2, 0.25) is 0 Å². The molecule has 1 nitrogen and oxygen atoms in total.